The zero-order chi connectivity index (χ0) is 24.6. The number of aryl methyl sites for hydroxylation is 2. The molecule has 4 heteroatoms. The maximum Gasteiger partial charge on any atom is 0.242 e. The molecule has 0 radical (unpaired) electrons. The minimum absolute atomic E-state index is 0.0225. The lowest BCUT2D eigenvalue weighted by atomic mass is 9.98. The van der Waals surface area contributed by atoms with Gasteiger partial charge in [-0.1, -0.05) is 97.1 Å². The van der Waals surface area contributed by atoms with E-state index in [1.54, 1.807) is 11.9 Å². The van der Waals surface area contributed by atoms with Crippen molar-refractivity contribution in [3.05, 3.63) is 119 Å². The van der Waals surface area contributed by atoms with Crippen LogP contribution in [0.4, 0.5) is 0 Å². The number of nitrogens with one attached hydrogen (secondary N) is 1. The lowest BCUT2D eigenvalue weighted by molar-refractivity contribution is -0.141. The van der Waals surface area contributed by atoms with Gasteiger partial charge in [0.1, 0.15) is 6.04 Å². The molecule has 1 atom stereocenters. The van der Waals surface area contributed by atoms with Crippen LogP contribution in [0, 0.1) is 6.92 Å². The Morgan fingerprint density at radius 3 is 2.23 bits per heavy atom. The molecule has 0 aromatic heterocycles. The molecule has 4 nitrogen and oxygen atoms in total. The zero-order valence-electron chi connectivity index (χ0n) is 20.4. The quantitative estimate of drug-likeness (QED) is 0.357. The SMILES string of the molecule is CNC(=O)[C@@H](Cc1ccccc1)N(Cc1ccccc1C)C(=O)CCc1cccc2ccccc12. The van der Waals surface area contributed by atoms with Crippen LogP contribution in [0.15, 0.2) is 97.1 Å². The summed E-state index contributed by atoms with van der Waals surface area (Å²) in [6.07, 6.45) is 1.42. The fourth-order valence-electron chi connectivity index (χ4n) is 4.59. The van der Waals surface area contributed by atoms with E-state index in [0.717, 1.165) is 22.3 Å². The van der Waals surface area contributed by atoms with E-state index >= 15 is 0 Å². The zero-order valence-corrected chi connectivity index (χ0v) is 20.4. The maximum atomic E-state index is 13.8. The van der Waals surface area contributed by atoms with Gasteiger partial charge < -0.3 is 10.2 Å². The van der Waals surface area contributed by atoms with E-state index in [0.29, 0.717) is 25.8 Å². The molecule has 4 aromatic carbocycles. The molecule has 0 aliphatic heterocycles. The van der Waals surface area contributed by atoms with Gasteiger partial charge in [-0.15, -0.1) is 0 Å². The van der Waals surface area contributed by atoms with Crippen LogP contribution < -0.4 is 5.32 Å². The molecule has 0 aliphatic rings. The Hall–Kier alpha value is -3.92. The minimum Gasteiger partial charge on any atom is -0.357 e. The highest BCUT2D eigenvalue weighted by Crippen LogP contribution is 2.22. The van der Waals surface area contributed by atoms with Crippen molar-refractivity contribution in [1.82, 2.24) is 10.2 Å². The van der Waals surface area contributed by atoms with E-state index in [9.17, 15) is 9.59 Å². The molecule has 1 N–H and O–H groups in total. The van der Waals surface area contributed by atoms with Crippen molar-refractivity contribution in [3.8, 4) is 0 Å². The van der Waals surface area contributed by atoms with Crippen LogP contribution in [-0.2, 0) is 29.0 Å². The Labute approximate surface area is 207 Å². The summed E-state index contributed by atoms with van der Waals surface area (Å²) in [5.41, 5.74) is 4.33. The first-order valence-corrected chi connectivity index (χ1v) is 12.1. The molecule has 0 unspecified atom stereocenters. The van der Waals surface area contributed by atoms with Gasteiger partial charge in [-0.25, -0.2) is 0 Å². The van der Waals surface area contributed by atoms with Crippen LogP contribution in [0.3, 0.4) is 0 Å². The van der Waals surface area contributed by atoms with E-state index in [4.69, 9.17) is 0 Å². The highest BCUT2D eigenvalue weighted by molar-refractivity contribution is 5.89. The summed E-state index contributed by atoms with van der Waals surface area (Å²) < 4.78 is 0. The van der Waals surface area contributed by atoms with E-state index < -0.39 is 6.04 Å². The average Bonchev–Trinajstić information content (AvgIpc) is 2.90. The number of carbonyl (C=O) groups excluding carboxylic acids is 2. The fourth-order valence-corrected chi connectivity index (χ4v) is 4.59. The summed E-state index contributed by atoms with van der Waals surface area (Å²) >= 11 is 0. The van der Waals surface area contributed by atoms with E-state index in [-0.39, 0.29) is 11.8 Å². The van der Waals surface area contributed by atoms with Gasteiger partial charge in [-0.3, -0.25) is 9.59 Å². The van der Waals surface area contributed by atoms with Gasteiger partial charge in [0.2, 0.25) is 11.8 Å². The monoisotopic (exact) mass is 464 g/mol. The second kappa shape index (κ2) is 11.5. The summed E-state index contributed by atoms with van der Waals surface area (Å²) in [4.78, 5) is 28.6. The normalized spacial score (nSPS) is 11.7. The van der Waals surface area contributed by atoms with Crippen LogP contribution in [0.1, 0.15) is 28.7 Å². The first-order chi connectivity index (χ1) is 17.1. The molecule has 0 aliphatic carbocycles. The topological polar surface area (TPSA) is 49.4 Å². The van der Waals surface area contributed by atoms with Crippen molar-refractivity contribution in [2.45, 2.75) is 38.8 Å². The van der Waals surface area contributed by atoms with Gasteiger partial charge in [0.15, 0.2) is 0 Å². The van der Waals surface area contributed by atoms with Crippen LogP contribution in [0.2, 0.25) is 0 Å². The number of hydrogen-bond donors (Lipinski definition) is 1. The van der Waals surface area contributed by atoms with Gasteiger partial charge in [-0.2, -0.15) is 0 Å². The number of nitrogens with zero attached hydrogens (tertiary/aromatic N) is 1. The molecule has 0 heterocycles. The lowest BCUT2D eigenvalue weighted by Gasteiger charge is -2.31. The second-order valence-electron chi connectivity index (χ2n) is 8.91. The van der Waals surface area contributed by atoms with Crippen LogP contribution in [0.25, 0.3) is 10.8 Å². The fraction of sp³-hybridized carbons (Fsp3) is 0.226. The van der Waals surface area contributed by atoms with Crippen LogP contribution in [-0.4, -0.2) is 29.8 Å². The van der Waals surface area contributed by atoms with Crippen LogP contribution >= 0.6 is 0 Å². The maximum absolute atomic E-state index is 13.8. The van der Waals surface area contributed by atoms with Crippen molar-refractivity contribution in [2.24, 2.45) is 0 Å². The number of hydrogen-bond acceptors (Lipinski definition) is 2. The van der Waals surface area contributed by atoms with Crippen molar-refractivity contribution >= 4 is 22.6 Å². The molecule has 0 saturated carbocycles. The van der Waals surface area contributed by atoms with E-state index in [1.165, 1.54) is 10.8 Å². The second-order valence-corrected chi connectivity index (χ2v) is 8.91. The Morgan fingerprint density at radius 1 is 0.800 bits per heavy atom. The minimum atomic E-state index is -0.595. The number of amides is 2. The molecule has 0 fully saturated rings. The van der Waals surface area contributed by atoms with Crippen molar-refractivity contribution in [2.75, 3.05) is 7.05 Å². The standard InChI is InChI=1S/C31H32N2O2/c1-23-11-6-7-15-27(23)22-33(29(31(35)32-2)21-24-12-4-3-5-13-24)30(34)20-19-26-17-10-16-25-14-8-9-18-28(25)26/h3-18,29H,19-22H2,1-2H3,(H,32,35)/t29-/m1/s1. The molecule has 0 saturated heterocycles. The van der Waals surface area contributed by atoms with E-state index in [2.05, 4.69) is 29.6 Å². The van der Waals surface area contributed by atoms with E-state index in [1.807, 2.05) is 79.7 Å². The molecule has 4 rings (SSSR count). The summed E-state index contributed by atoms with van der Waals surface area (Å²) in [7, 11) is 1.63. The predicted octanol–water partition coefficient (Wildman–Crippen LogP) is 5.47. The summed E-state index contributed by atoms with van der Waals surface area (Å²) in [6.45, 7) is 2.44. The number of carbonyl (C=O) groups is 2. The number of fused-ring (bicyclic) bond motifs is 1. The molecular weight excluding hydrogens is 432 g/mol. The van der Waals surface area contributed by atoms with Gasteiger partial charge in [0.05, 0.1) is 0 Å². The molecule has 4 aromatic rings. The predicted molar refractivity (Wildman–Crippen MR) is 142 cm³/mol. The Morgan fingerprint density at radius 2 is 1.46 bits per heavy atom. The molecule has 0 bridgehead atoms. The highest BCUT2D eigenvalue weighted by atomic mass is 16.2. The third kappa shape index (κ3) is 5.96. The number of benzene rings is 4. The molecular formula is C31H32N2O2. The Kier molecular flexibility index (Phi) is 7.94. The summed E-state index contributed by atoms with van der Waals surface area (Å²) in [5, 5.41) is 5.12. The van der Waals surface area contributed by atoms with Crippen molar-refractivity contribution < 1.29 is 9.59 Å². The van der Waals surface area contributed by atoms with Gasteiger partial charge in [0.25, 0.3) is 0 Å². The Bertz CT molecular complexity index is 1290. The first-order valence-electron chi connectivity index (χ1n) is 12.1. The third-order valence-electron chi connectivity index (χ3n) is 6.61. The summed E-state index contributed by atoms with van der Waals surface area (Å²) in [6, 6.07) is 31.8. The molecule has 2 amide bonds. The smallest absolute Gasteiger partial charge is 0.242 e. The summed E-state index contributed by atoms with van der Waals surface area (Å²) in [5.74, 6) is -0.174. The van der Waals surface area contributed by atoms with Gasteiger partial charge in [0, 0.05) is 26.4 Å². The molecule has 178 valence electrons. The third-order valence-corrected chi connectivity index (χ3v) is 6.61. The number of likely N-dealkylation sites (N-methyl/N-ethyl adjacent to an activating group) is 1. The van der Waals surface area contributed by atoms with Crippen LogP contribution in [0.5, 0.6) is 0 Å². The molecule has 0 spiro atoms. The first kappa shape index (κ1) is 24.2. The van der Waals surface area contributed by atoms with Crippen molar-refractivity contribution in [3.63, 3.8) is 0 Å². The van der Waals surface area contributed by atoms with Gasteiger partial charge >= 0.3 is 0 Å². The highest BCUT2D eigenvalue weighted by Gasteiger charge is 2.29. The number of rotatable bonds is 9. The van der Waals surface area contributed by atoms with Gasteiger partial charge in [-0.05, 0) is 46.4 Å². The lowest BCUT2D eigenvalue weighted by Crippen LogP contribution is -2.49. The largest absolute Gasteiger partial charge is 0.357 e. The molecule has 35 heavy (non-hydrogen) atoms. The Balaban J connectivity index is 1.63. The van der Waals surface area contributed by atoms with Crippen molar-refractivity contribution in [1.29, 1.82) is 0 Å². The average molecular weight is 465 g/mol.